The number of hydrogen-bond donors (Lipinski definition) is 3. The van der Waals surface area contributed by atoms with E-state index < -0.39 is 23.7 Å². The zero-order valence-corrected chi connectivity index (χ0v) is 13.7. The number of rotatable bonds is 8. The molecule has 6 nitrogen and oxygen atoms in total. The summed E-state index contributed by atoms with van der Waals surface area (Å²) >= 11 is 1.07. The highest BCUT2D eigenvalue weighted by molar-refractivity contribution is 8.00. The number of halogens is 1. The van der Waals surface area contributed by atoms with Gasteiger partial charge in [-0.15, -0.1) is 11.8 Å². The van der Waals surface area contributed by atoms with Crippen LogP contribution in [-0.4, -0.2) is 40.4 Å². The first kappa shape index (κ1) is 19.0. The Hall–Kier alpha value is -2.09. The molecule has 0 aromatic heterocycles. The van der Waals surface area contributed by atoms with Crippen molar-refractivity contribution in [2.75, 3.05) is 16.8 Å². The van der Waals surface area contributed by atoms with E-state index in [0.29, 0.717) is 5.69 Å². The van der Waals surface area contributed by atoms with Crippen LogP contribution in [0.1, 0.15) is 13.8 Å². The van der Waals surface area contributed by atoms with Crippen LogP contribution in [0.25, 0.3) is 0 Å². The van der Waals surface area contributed by atoms with E-state index >= 15 is 0 Å². The van der Waals surface area contributed by atoms with Crippen LogP contribution in [0.5, 0.6) is 0 Å². The third kappa shape index (κ3) is 7.14. The topological polar surface area (TPSA) is 95.5 Å². The van der Waals surface area contributed by atoms with Crippen LogP contribution >= 0.6 is 11.8 Å². The van der Waals surface area contributed by atoms with E-state index in [4.69, 9.17) is 5.11 Å². The molecule has 0 saturated heterocycles. The summed E-state index contributed by atoms with van der Waals surface area (Å²) < 4.78 is 12.7. The Morgan fingerprint density at radius 1 is 1.13 bits per heavy atom. The minimum absolute atomic E-state index is 0.0205. The number of benzene rings is 1. The lowest BCUT2D eigenvalue weighted by Gasteiger charge is -2.17. The smallest absolute Gasteiger partial charge is 0.326 e. The zero-order valence-electron chi connectivity index (χ0n) is 12.8. The number of carboxylic acid groups (broad SMARTS) is 1. The fourth-order valence-electron chi connectivity index (χ4n) is 1.70. The molecule has 23 heavy (non-hydrogen) atoms. The largest absolute Gasteiger partial charge is 0.480 e. The van der Waals surface area contributed by atoms with Crippen LogP contribution < -0.4 is 10.6 Å². The van der Waals surface area contributed by atoms with E-state index in [1.807, 2.05) is 0 Å². The van der Waals surface area contributed by atoms with Crippen LogP contribution in [0.4, 0.5) is 10.1 Å². The van der Waals surface area contributed by atoms with E-state index in [-0.39, 0.29) is 23.3 Å². The number of amides is 2. The van der Waals surface area contributed by atoms with Crippen molar-refractivity contribution < 1.29 is 23.9 Å². The van der Waals surface area contributed by atoms with E-state index in [1.165, 1.54) is 24.3 Å². The van der Waals surface area contributed by atoms with Crippen LogP contribution in [0.2, 0.25) is 0 Å². The van der Waals surface area contributed by atoms with Crippen molar-refractivity contribution in [3.05, 3.63) is 30.1 Å². The lowest BCUT2D eigenvalue weighted by atomic mass is 10.1. The number of anilines is 1. The highest BCUT2D eigenvalue weighted by atomic mass is 32.2. The van der Waals surface area contributed by atoms with Crippen LogP contribution in [0, 0.1) is 11.7 Å². The average Bonchev–Trinajstić information content (AvgIpc) is 2.46. The summed E-state index contributed by atoms with van der Waals surface area (Å²) in [7, 11) is 0. The molecule has 126 valence electrons. The van der Waals surface area contributed by atoms with Gasteiger partial charge in [-0.3, -0.25) is 9.59 Å². The SMILES string of the molecule is CC(C)C(NC(=O)CSCC(=O)Nc1ccc(F)cc1)C(=O)O. The van der Waals surface area contributed by atoms with E-state index in [0.717, 1.165) is 11.8 Å². The Labute approximate surface area is 137 Å². The molecule has 1 atom stereocenters. The first-order valence-electron chi connectivity index (χ1n) is 6.95. The molecule has 8 heteroatoms. The highest BCUT2D eigenvalue weighted by Crippen LogP contribution is 2.09. The molecular formula is C15H19FN2O4S. The molecule has 1 unspecified atom stereocenters. The molecule has 0 fully saturated rings. The van der Waals surface area contributed by atoms with Gasteiger partial charge in [-0.05, 0) is 30.2 Å². The Morgan fingerprint density at radius 2 is 1.70 bits per heavy atom. The molecule has 0 heterocycles. The summed E-state index contributed by atoms with van der Waals surface area (Å²) in [5.41, 5.74) is 0.465. The number of hydrogen-bond acceptors (Lipinski definition) is 4. The summed E-state index contributed by atoms with van der Waals surface area (Å²) in [6.45, 7) is 3.39. The summed E-state index contributed by atoms with van der Waals surface area (Å²) in [5, 5.41) is 14.0. The first-order chi connectivity index (χ1) is 10.8. The van der Waals surface area contributed by atoms with Gasteiger partial charge in [0.1, 0.15) is 11.9 Å². The summed E-state index contributed by atoms with van der Waals surface area (Å²) in [6, 6.07) is 4.38. The zero-order chi connectivity index (χ0) is 17.4. The molecule has 0 aliphatic carbocycles. The molecule has 2 amide bonds. The maximum atomic E-state index is 12.7. The summed E-state index contributed by atoms with van der Waals surface area (Å²) in [4.78, 5) is 34.3. The molecule has 0 spiro atoms. The third-order valence-electron chi connectivity index (χ3n) is 2.84. The van der Waals surface area contributed by atoms with Crippen molar-refractivity contribution in [1.29, 1.82) is 0 Å². The van der Waals surface area contributed by atoms with Crippen molar-refractivity contribution in [3.8, 4) is 0 Å². The maximum Gasteiger partial charge on any atom is 0.326 e. The Balaban J connectivity index is 2.32. The summed E-state index contributed by atoms with van der Waals surface area (Å²) in [5.74, 6) is -2.47. The monoisotopic (exact) mass is 342 g/mol. The number of carbonyl (C=O) groups excluding carboxylic acids is 2. The van der Waals surface area contributed by atoms with Crippen molar-refractivity contribution in [1.82, 2.24) is 5.32 Å². The summed E-state index contributed by atoms with van der Waals surface area (Å²) in [6.07, 6.45) is 0. The van der Waals surface area contributed by atoms with Gasteiger partial charge in [0.25, 0.3) is 0 Å². The van der Waals surface area contributed by atoms with Crippen molar-refractivity contribution in [3.63, 3.8) is 0 Å². The van der Waals surface area contributed by atoms with Gasteiger partial charge in [0.05, 0.1) is 11.5 Å². The van der Waals surface area contributed by atoms with E-state index in [2.05, 4.69) is 10.6 Å². The quantitative estimate of drug-likeness (QED) is 0.669. The van der Waals surface area contributed by atoms with Gasteiger partial charge in [-0.1, -0.05) is 13.8 Å². The normalized spacial score (nSPS) is 11.8. The van der Waals surface area contributed by atoms with Crippen LogP contribution in [0.3, 0.4) is 0 Å². The Kier molecular flexibility index (Phi) is 7.53. The number of aliphatic carboxylic acids is 1. The maximum absolute atomic E-state index is 12.7. The first-order valence-corrected chi connectivity index (χ1v) is 8.10. The Morgan fingerprint density at radius 3 is 2.22 bits per heavy atom. The lowest BCUT2D eigenvalue weighted by Crippen LogP contribution is -2.45. The van der Waals surface area contributed by atoms with Gasteiger partial charge in [-0.2, -0.15) is 0 Å². The molecule has 1 rings (SSSR count). The molecule has 0 aliphatic rings. The molecule has 0 saturated carbocycles. The Bertz CT molecular complexity index is 563. The number of nitrogens with one attached hydrogen (secondary N) is 2. The van der Waals surface area contributed by atoms with Gasteiger partial charge >= 0.3 is 5.97 Å². The van der Waals surface area contributed by atoms with Crippen LogP contribution in [-0.2, 0) is 14.4 Å². The molecule has 0 radical (unpaired) electrons. The second kappa shape index (κ2) is 9.14. The van der Waals surface area contributed by atoms with Crippen molar-refractivity contribution >= 4 is 35.2 Å². The van der Waals surface area contributed by atoms with Crippen molar-refractivity contribution in [2.24, 2.45) is 5.92 Å². The van der Waals surface area contributed by atoms with Gasteiger partial charge in [0, 0.05) is 5.69 Å². The van der Waals surface area contributed by atoms with E-state index in [9.17, 15) is 18.8 Å². The third-order valence-corrected chi connectivity index (χ3v) is 3.78. The minimum Gasteiger partial charge on any atom is -0.480 e. The standard InChI is InChI=1S/C15H19FN2O4S/c1-9(2)14(15(21)22)18-13(20)8-23-7-12(19)17-11-5-3-10(16)4-6-11/h3-6,9,14H,7-8H2,1-2H3,(H,17,19)(H,18,20)(H,21,22). The highest BCUT2D eigenvalue weighted by Gasteiger charge is 2.23. The fraction of sp³-hybridized carbons (Fsp3) is 0.400. The lowest BCUT2D eigenvalue weighted by molar-refractivity contribution is -0.142. The van der Waals surface area contributed by atoms with Crippen LogP contribution in [0.15, 0.2) is 24.3 Å². The van der Waals surface area contributed by atoms with Gasteiger partial charge < -0.3 is 15.7 Å². The van der Waals surface area contributed by atoms with E-state index in [1.54, 1.807) is 13.8 Å². The predicted octanol–water partition coefficient (Wildman–Crippen LogP) is 1.72. The second-order valence-corrected chi connectivity index (χ2v) is 6.16. The molecule has 0 aliphatic heterocycles. The minimum atomic E-state index is -1.09. The van der Waals surface area contributed by atoms with Crippen molar-refractivity contribution in [2.45, 2.75) is 19.9 Å². The van der Waals surface area contributed by atoms with Gasteiger partial charge in [0.15, 0.2) is 0 Å². The molecule has 0 bridgehead atoms. The number of carbonyl (C=O) groups is 3. The van der Waals surface area contributed by atoms with Gasteiger partial charge in [-0.25, -0.2) is 9.18 Å². The molecular weight excluding hydrogens is 323 g/mol. The predicted molar refractivity (Wildman–Crippen MR) is 86.8 cm³/mol. The number of thioether (sulfide) groups is 1. The average molecular weight is 342 g/mol. The second-order valence-electron chi connectivity index (χ2n) is 5.18. The van der Waals surface area contributed by atoms with Gasteiger partial charge in [0.2, 0.25) is 11.8 Å². The number of carboxylic acids is 1. The molecule has 1 aromatic carbocycles. The molecule has 1 aromatic rings. The fourth-order valence-corrected chi connectivity index (χ4v) is 2.32. The molecule has 3 N–H and O–H groups in total.